The van der Waals surface area contributed by atoms with Crippen molar-refractivity contribution in [3.8, 4) is 0 Å². The van der Waals surface area contributed by atoms with Crippen LogP contribution in [0.15, 0.2) is 47.5 Å². The molecule has 24 heavy (non-hydrogen) atoms. The van der Waals surface area contributed by atoms with Gasteiger partial charge >= 0.3 is 0 Å². The van der Waals surface area contributed by atoms with Gasteiger partial charge in [0.05, 0.1) is 10.9 Å². The van der Waals surface area contributed by atoms with Gasteiger partial charge in [0.25, 0.3) is 11.5 Å². The second-order valence-corrected chi connectivity index (χ2v) is 5.66. The minimum Gasteiger partial charge on any atom is -0.348 e. The molecule has 0 radical (unpaired) electrons. The molecule has 0 saturated heterocycles. The summed E-state index contributed by atoms with van der Waals surface area (Å²) in [7, 11) is 0. The number of rotatable bonds is 4. The number of amides is 1. The van der Waals surface area contributed by atoms with Crippen LogP contribution >= 0.6 is 12.2 Å². The summed E-state index contributed by atoms with van der Waals surface area (Å²) in [5.74, 6) is -0.215. The molecule has 0 fully saturated rings. The van der Waals surface area contributed by atoms with Crippen LogP contribution in [-0.2, 0) is 13.1 Å². The second-order valence-electron chi connectivity index (χ2n) is 5.28. The number of H-pyrrole nitrogens is 1. The number of benzene rings is 1. The highest BCUT2D eigenvalue weighted by Gasteiger charge is 2.09. The van der Waals surface area contributed by atoms with Gasteiger partial charge in [-0.15, -0.1) is 0 Å². The zero-order valence-corrected chi connectivity index (χ0v) is 13.9. The minimum absolute atomic E-state index is 0.153. The first-order chi connectivity index (χ1) is 11.6. The van der Waals surface area contributed by atoms with Crippen LogP contribution in [0.5, 0.6) is 0 Å². The van der Waals surface area contributed by atoms with E-state index in [0.717, 1.165) is 5.56 Å². The third kappa shape index (κ3) is 3.11. The number of carbonyl (C=O) groups is 1. The fraction of sp³-hybridized carbons (Fsp3) is 0.176. The fourth-order valence-electron chi connectivity index (χ4n) is 2.47. The first-order valence-electron chi connectivity index (χ1n) is 7.54. The van der Waals surface area contributed by atoms with Gasteiger partial charge in [0.15, 0.2) is 4.77 Å². The molecular formula is C17H16N4O2S. The van der Waals surface area contributed by atoms with Crippen molar-refractivity contribution in [3.05, 3.63) is 69.0 Å². The lowest BCUT2D eigenvalue weighted by Crippen LogP contribution is -2.24. The van der Waals surface area contributed by atoms with Crippen LogP contribution in [0.4, 0.5) is 0 Å². The molecule has 3 rings (SSSR count). The van der Waals surface area contributed by atoms with E-state index in [2.05, 4.69) is 15.3 Å². The molecule has 0 aliphatic heterocycles. The van der Waals surface area contributed by atoms with Gasteiger partial charge in [-0.2, -0.15) is 0 Å². The average Bonchev–Trinajstić information content (AvgIpc) is 2.60. The second kappa shape index (κ2) is 6.76. The number of carbonyl (C=O) groups excluding carboxylic acids is 1. The van der Waals surface area contributed by atoms with Crippen molar-refractivity contribution in [3.63, 3.8) is 0 Å². The first kappa shape index (κ1) is 16.1. The molecule has 0 atom stereocenters. The average molecular weight is 340 g/mol. The molecule has 2 heterocycles. The Labute approximate surface area is 143 Å². The molecule has 0 bridgehead atoms. The normalized spacial score (nSPS) is 10.7. The van der Waals surface area contributed by atoms with Crippen molar-refractivity contribution >= 4 is 29.0 Å². The standard InChI is InChI=1S/C17H16N4O2S/c1-2-21-16(23)13-4-3-12(9-14(13)20-17(21)24)15(22)19-10-11-5-7-18-8-6-11/h3-9H,2,10H2,1H3,(H,19,22)(H,20,24). The fourth-order valence-corrected chi connectivity index (χ4v) is 2.79. The van der Waals surface area contributed by atoms with Crippen molar-refractivity contribution in [2.24, 2.45) is 0 Å². The van der Waals surface area contributed by atoms with Crippen LogP contribution in [0.25, 0.3) is 10.9 Å². The Kier molecular flexibility index (Phi) is 4.52. The van der Waals surface area contributed by atoms with Crippen LogP contribution in [0, 0.1) is 4.77 Å². The molecule has 0 unspecified atom stereocenters. The summed E-state index contributed by atoms with van der Waals surface area (Å²) in [6.07, 6.45) is 3.35. The lowest BCUT2D eigenvalue weighted by atomic mass is 10.1. The van der Waals surface area contributed by atoms with Gasteiger partial charge < -0.3 is 10.3 Å². The van der Waals surface area contributed by atoms with Crippen LogP contribution in [-0.4, -0.2) is 20.4 Å². The van der Waals surface area contributed by atoms with E-state index >= 15 is 0 Å². The highest BCUT2D eigenvalue weighted by atomic mass is 32.1. The van der Waals surface area contributed by atoms with E-state index in [1.807, 2.05) is 19.1 Å². The maximum absolute atomic E-state index is 12.3. The summed E-state index contributed by atoms with van der Waals surface area (Å²) in [5.41, 5.74) is 1.84. The van der Waals surface area contributed by atoms with Crippen molar-refractivity contribution in [1.82, 2.24) is 19.9 Å². The highest BCUT2D eigenvalue weighted by Crippen LogP contribution is 2.11. The summed E-state index contributed by atoms with van der Waals surface area (Å²) in [4.78, 5) is 31.6. The van der Waals surface area contributed by atoms with Gasteiger partial charge in [-0.25, -0.2) is 0 Å². The molecule has 0 aliphatic rings. The van der Waals surface area contributed by atoms with E-state index in [-0.39, 0.29) is 11.5 Å². The molecule has 1 aromatic carbocycles. The predicted molar refractivity (Wildman–Crippen MR) is 94.5 cm³/mol. The number of pyridine rings is 1. The number of fused-ring (bicyclic) bond motifs is 1. The van der Waals surface area contributed by atoms with E-state index in [9.17, 15) is 9.59 Å². The SMILES string of the molecule is CCn1c(=S)[nH]c2cc(C(=O)NCc3ccncc3)ccc2c1=O. The Bertz CT molecular complexity index is 1010. The topological polar surface area (TPSA) is 79.8 Å². The smallest absolute Gasteiger partial charge is 0.262 e. The Morgan fingerprint density at radius 1 is 1.29 bits per heavy atom. The largest absolute Gasteiger partial charge is 0.348 e. The third-order valence-electron chi connectivity index (χ3n) is 3.76. The van der Waals surface area contributed by atoms with Gasteiger partial charge in [-0.05, 0) is 55.0 Å². The molecule has 7 heteroatoms. The lowest BCUT2D eigenvalue weighted by Gasteiger charge is -2.08. The molecule has 122 valence electrons. The number of hydrogen-bond acceptors (Lipinski definition) is 4. The van der Waals surface area contributed by atoms with Crippen molar-refractivity contribution < 1.29 is 4.79 Å². The zero-order valence-electron chi connectivity index (χ0n) is 13.1. The highest BCUT2D eigenvalue weighted by molar-refractivity contribution is 7.71. The molecular weight excluding hydrogens is 324 g/mol. The van der Waals surface area contributed by atoms with E-state index in [0.29, 0.717) is 34.3 Å². The number of hydrogen-bond donors (Lipinski definition) is 2. The molecule has 2 N–H and O–H groups in total. The third-order valence-corrected chi connectivity index (χ3v) is 4.09. The number of nitrogens with one attached hydrogen (secondary N) is 2. The molecule has 6 nitrogen and oxygen atoms in total. The van der Waals surface area contributed by atoms with Crippen LogP contribution in [0.1, 0.15) is 22.8 Å². The van der Waals surface area contributed by atoms with Crippen molar-refractivity contribution in [2.45, 2.75) is 20.0 Å². The summed E-state index contributed by atoms with van der Waals surface area (Å²) in [6.45, 7) is 2.77. The number of nitrogens with zero attached hydrogens (tertiary/aromatic N) is 2. The van der Waals surface area contributed by atoms with E-state index in [4.69, 9.17) is 12.2 Å². The van der Waals surface area contributed by atoms with E-state index in [1.54, 1.807) is 30.6 Å². The van der Waals surface area contributed by atoms with Gasteiger partial charge in [0.2, 0.25) is 0 Å². The lowest BCUT2D eigenvalue weighted by molar-refractivity contribution is 0.0951. The molecule has 1 amide bonds. The Morgan fingerprint density at radius 2 is 2.04 bits per heavy atom. The molecule has 0 spiro atoms. The minimum atomic E-state index is -0.215. The van der Waals surface area contributed by atoms with Gasteiger partial charge in [0.1, 0.15) is 0 Å². The monoisotopic (exact) mass is 340 g/mol. The quantitative estimate of drug-likeness (QED) is 0.715. The molecule has 0 saturated carbocycles. The summed E-state index contributed by atoms with van der Waals surface area (Å²) < 4.78 is 1.84. The van der Waals surface area contributed by atoms with E-state index < -0.39 is 0 Å². The van der Waals surface area contributed by atoms with Gasteiger partial charge in [-0.1, -0.05) is 0 Å². The Hall–Kier alpha value is -2.80. The summed E-state index contributed by atoms with van der Waals surface area (Å²) >= 11 is 5.19. The number of aromatic amines is 1. The maximum atomic E-state index is 12.3. The van der Waals surface area contributed by atoms with Gasteiger partial charge in [-0.3, -0.25) is 19.1 Å². The van der Waals surface area contributed by atoms with Crippen LogP contribution in [0.2, 0.25) is 0 Å². The zero-order chi connectivity index (χ0) is 17.1. The number of aromatic nitrogens is 3. The van der Waals surface area contributed by atoms with Crippen LogP contribution in [0.3, 0.4) is 0 Å². The van der Waals surface area contributed by atoms with E-state index in [1.165, 1.54) is 4.57 Å². The molecule has 2 aromatic heterocycles. The van der Waals surface area contributed by atoms with Gasteiger partial charge in [0, 0.05) is 31.0 Å². The Morgan fingerprint density at radius 3 is 2.75 bits per heavy atom. The Balaban J connectivity index is 1.89. The van der Waals surface area contributed by atoms with Crippen LogP contribution < -0.4 is 10.9 Å². The predicted octanol–water partition coefficient (Wildman–Crippen LogP) is 2.40. The van der Waals surface area contributed by atoms with Crippen molar-refractivity contribution in [2.75, 3.05) is 0 Å². The molecule has 0 aliphatic carbocycles. The van der Waals surface area contributed by atoms with Crippen molar-refractivity contribution in [1.29, 1.82) is 0 Å². The first-order valence-corrected chi connectivity index (χ1v) is 7.95. The summed E-state index contributed by atoms with van der Waals surface area (Å²) in [6, 6.07) is 8.61. The maximum Gasteiger partial charge on any atom is 0.262 e. The summed E-state index contributed by atoms with van der Waals surface area (Å²) in [5, 5.41) is 3.35. The molecule has 3 aromatic rings.